The maximum Gasteiger partial charge on any atom is 0.129 e. The summed E-state index contributed by atoms with van der Waals surface area (Å²) in [5.74, 6) is 1.84. The van der Waals surface area contributed by atoms with E-state index >= 15 is 0 Å². The van der Waals surface area contributed by atoms with Gasteiger partial charge in [0.15, 0.2) is 0 Å². The van der Waals surface area contributed by atoms with Crippen molar-refractivity contribution in [3.05, 3.63) is 23.9 Å². The molecule has 3 atom stereocenters. The SMILES string of the molecule is CC1CCC(C)N(c2cc(C(C)N)ccn2)C1. The van der Waals surface area contributed by atoms with Crippen molar-refractivity contribution in [3.8, 4) is 0 Å². The molecular weight excluding hydrogens is 210 g/mol. The summed E-state index contributed by atoms with van der Waals surface area (Å²) in [6.45, 7) is 7.72. The Bertz CT molecular complexity index is 375. The Labute approximate surface area is 104 Å². The molecule has 3 heteroatoms. The Balaban J connectivity index is 2.23. The monoisotopic (exact) mass is 233 g/mol. The number of anilines is 1. The Hall–Kier alpha value is -1.09. The molecule has 2 heterocycles. The summed E-state index contributed by atoms with van der Waals surface area (Å²) < 4.78 is 0. The fourth-order valence-corrected chi connectivity index (χ4v) is 2.48. The summed E-state index contributed by atoms with van der Waals surface area (Å²) in [7, 11) is 0. The van der Waals surface area contributed by atoms with Gasteiger partial charge in [0.25, 0.3) is 0 Å². The lowest BCUT2D eigenvalue weighted by atomic mass is 9.95. The lowest BCUT2D eigenvalue weighted by Crippen LogP contribution is -2.41. The zero-order valence-electron chi connectivity index (χ0n) is 11.1. The molecule has 1 aliphatic rings. The molecule has 1 saturated heterocycles. The van der Waals surface area contributed by atoms with Crippen LogP contribution in [0.3, 0.4) is 0 Å². The van der Waals surface area contributed by atoms with Crippen molar-refractivity contribution < 1.29 is 0 Å². The minimum Gasteiger partial charge on any atom is -0.354 e. The van der Waals surface area contributed by atoms with Crippen LogP contribution in [0.5, 0.6) is 0 Å². The topological polar surface area (TPSA) is 42.1 Å². The van der Waals surface area contributed by atoms with Gasteiger partial charge in [-0.05, 0) is 50.3 Å². The summed E-state index contributed by atoms with van der Waals surface area (Å²) in [6.07, 6.45) is 4.45. The standard InChI is InChI=1S/C14H23N3/c1-10-4-5-11(2)17(9-10)14-8-13(12(3)15)6-7-16-14/h6-8,10-12H,4-5,9,15H2,1-3H3. The molecule has 2 rings (SSSR count). The normalized spacial score (nSPS) is 26.9. The van der Waals surface area contributed by atoms with E-state index < -0.39 is 0 Å². The fraction of sp³-hybridized carbons (Fsp3) is 0.643. The molecule has 1 aliphatic heterocycles. The lowest BCUT2D eigenvalue weighted by Gasteiger charge is -2.37. The van der Waals surface area contributed by atoms with Gasteiger partial charge in [0, 0.05) is 24.8 Å². The minimum absolute atomic E-state index is 0.0780. The number of aromatic nitrogens is 1. The fourth-order valence-electron chi connectivity index (χ4n) is 2.48. The van der Waals surface area contributed by atoms with Crippen LogP contribution in [-0.2, 0) is 0 Å². The number of rotatable bonds is 2. The second-order valence-corrected chi connectivity index (χ2v) is 5.42. The van der Waals surface area contributed by atoms with Crippen LogP contribution in [-0.4, -0.2) is 17.6 Å². The molecule has 3 nitrogen and oxygen atoms in total. The van der Waals surface area contributed by atoms with E-state index in [0.29, 0.717) is 6.04 Å². The van der Waals surface area contributed by atoms with E-state index in [4.69, 9.17) is 5.73 Å². The van der Waals surface area contributed by atoms with Gasteiger partial charge in [-0.15, -0.1) is 0 Å². The molecule has 17 heavy (non-hydrogen) atoms. The number of nitrogens with zero attached hydrogens (tertiary/aromatic N) is 2. The third kappa shape index (κ3) is 2.78. The summed E-state index contributed by atoms with van der Waals surface area (Å²) in [6, 6.07) is 4.81. The van der Waals surface area contributed by atoms with Crippen molar-refractivity contribution in [1.29, 1.82) is 0 Å². The van der Waals surface area contributed by atoms with Crippen molar-refractivity contribution >= 4 is 5.82 Å². The zero-order chi connectivity index (χ0) is 12.4. The molecule has 0 bridgehead atoms. The first-order chi connectivity index (χ1) is 8.08. The second kappa shape index (κ2) is 5.05. The third-order valence-electron chi connectivity index (χ3n) is 3.71. The zero-order valence-corrected chi connectivity index (χ0v) is 11.1. The van der Waals surface area contributed by atoms with Crippen LogP contribution in [0.15, 0.2) is 18.3 Å². The summed E-state index contributed by atoms with van der Waals surface area (Å²) in [5, 5.41) is 0. The van der Waals surface area contributed by atoms with Gasteiger partial charge in [0.2, 0.25) is 0 Å². The number of hydrogen-bond donors (Lipinski definition) is 1. The van der Waals surface area contributed by atoms with Gasteiger partial charge < -0.3 is 10.6 Å². The van der Waals surface area contributed by atoms with Crippen molar-refractivity contribution in [2.45, 2.75) is 45.7 Å². The second-order valence-electron chi connectivity index (χ2n) is 5.42. The number of nitrogens with two attached hydrogens (primary N) is 1. The highest BCUT2D eigenvalue weighted by atomic mass is 15.2. The molecule has 1 aromatic heterocycles. The molecule has 0 amide bonds. The van der Waals surface area contributed by atoms with Crippen LogP contribution >= 0.6 is 0 Å². The maximum absolute atomic E-state index is 5.93. The predicted octanol–water partition coefficient (Wildman–Crippen LogP) is 2.73. The van der Waals surface area contributed by atoms with E-state index in [-0.39, 0.29) is 6.04 Å². The average Bonchev–Trinajstić information content (AvgIpc) is 2.32. The van der Waals surface area contributed by atoms with Crippen molar-refractivity contribution in [2.24, 2.45) is 11.7 Å². The van der Waals surface area contributed by atoms with E-state index in [1.807, 2.05) is 19.2 Å². The van der Waals surface area contributed by atoms with E-state index in [2.05, 4.69) is 29.8 Å². The Morgan fingerprint density at radius 3 is 2.88 bits per heavy atom. The van der Waals surface area contributed by atoms with Crippen LogP contribution in [0.4, 0.5) is 5.82 Å². The van der Waals surface area contributed by atoms with Crippen LogP contribution in [0.25, 0.3) is 0 Å². The molecule has 2 N–H and O–H groups in total. The van der Waals surface area contributed by atoms with Gasteiger partial charge in [-0.25, -0.2) is 4.98 Å². The van der Waals surface area contributed by atoms with Gasteiger partial charge in [0.1, 0.15) is 5.82 Å². The molecule has 3 unspecified atom stereocenters. The van der Waals surface area contributed by atoms with Gasteiger partial charge in [-0.3, -0.25) is 0 Å². The lowest BCUT2D eigenvalue weighted by molar-refractivity contribution is 0.388. The predicted molar refractivity (Wildman–Crippen MR) is 72.0 cm³/mol. The molecular formula is C14H23N3. The Morgan fingerprint density at radius 1 is 1.41 bits per heavy atom. The van der Waals surface area contributed by atoms with Crippen molar-refractivity contribution in [2.75, 3.05) is 11.4 Å². The average molecular weight is 233 g/mol. The summed E-state index contributed by atoms with van der Waals surface area (Å²) >= 11 is 0. The maximum atomic E-state index is 5.93. The highest BCUT2D eigenvalue weighted by Gasteiger charge is 2.24. The van der Waals surface area contributed by atoms with Crippen LogP contribution in [0, 0.1) is 5.92 Å². The highest BCUT2D eigenvalue weighted by molar-refractivity contribution is 5.43. The highest BCUT2D eigenvalue weighted by Crippen LogP contribution is 2.27. The van der Waals surface area contributed by atoms with E-state index in [1.165, 1.54) is 18.4 Å². The summed E-state index contributed by atoms with van der Waals surface area (Å²) in [5.41, 5.74) is 7.09. The van der Waals surface area contributed by atoms with Crippen molar-refractivity contribution in [1.82, 2.24) is 4.98 Å². The van der Waals surface area contributed by atoms with Gasteiger partial charge in [0.05, 0.1) is 0 Å². The van der Waals surface area contributed by atoms with E-state index in [0.717, 1.165) is 18.3 Å². The quantitative estimate of drug-likeness (QED) is 0.854. The number of pyridine rings is 1. The van der Waals surface area contributed by atoms with Gasteiger partial charge in [-0.2, -0.15) is 0 Å². The first-order valence-corrected chi connectivity index (χ1v) is 6.56. The molecule has 94 valence electrons. The van der Waals surface area contributed by atoms with Crippen LogP contribution in [0.2, 0.25) is 0 Å². The number of piperidine rings is 1. The third-order valence-corrected chi connectivity index (χ3v) is 3.71. The van der Waals surface area contributed by atoms with Crippen LogP contribution < -0.4 is 10.6 Å². The van der Waals surface area contributed by atoms with Crippen LogP contribution in [0.1, 0.15) is 45.2 Å². The molecule has 1 aromatic rings. The molecule has 0 saturated carbocycles. The van der Waals surface area contributed by atoms with Gasteiger partial charge >= 0.3 is 0 Å². The summed E-state index contributed by atoms with van der Waals surface area (Å²) in [4.78, 5) is 6.92. The Morgan fingerprint density at radius 2 is 2.18 bits per heavy atom. The first-order valence-electron chi connectivity index (χ1n) is 6.56. The molecule has 0 aromatic carbocycles. The smallest absolute Gasteiger partial charge is 0.129 e. The molecule has 0 spiro atoms. The first kappa shape index (κ1) is 12.4. The molecule has 0 radical (unpaired) electrons. The molecule has 0 aliphatic carbocycles. The van der Waals surface area contributed by atoms with Gasteiger partial charge in [-0.1, -0.05) is 6.92 Å². The van der Waals surface area contributed by atoms with Crippen molar-refractivity contribution in [3.63, 3.8) is 0 Å². The van der Waals surface area contributed by atoms with E-state index in [1.54, 1.807) is 0 Å². The molecule has 1 fully saturated rings. The number of hydrogen-bond acceptors (Lipinski definition) is 3. The minimum atomic E-state index is 0.0780. The van der Waals surface area contributed by atoms with E-state index in [9.17, 15) is 0 Å². The largest absolute Gasteiger partial charge is 0.354 e. The Kier molecular flexibility index (Phi) is 3.67.